The Morgan fingerprint density at radius 1 is 1.38 bits per heavy atom. The molecule has 2 aromatic rings. The van der Waals surface area contributed by atoms with Crippen molar-refractivity contribution in [3.8, 4) is 5.75 Å². The van der Waals surface area contributed by atoms with E-state index >= 15 is 0 Å². The van der Waals surface area contributed by atoms with E-state index in [1.807, 2.05) is 43.7 Å². The van der Waals surface area contributed by atoms with Gasteiger partial charge in [0.25, 0.3) is 0 Å². The number of hydrogen-bond acceptors (Lipinski definition) is 2. The summed E-state index contributed by atoms with van der Waals surface area (Å²) in [6.07, 6.45) is 0. The van der Waals surface area contributed by atoms with Crippen LogP contribution in [0, 0.1) is 6.92 Å². The molecule has 1 N–H and O–H groups in total. The van der Waals surface area contributed by atoms with Gasteiger partial charge in [-0.2, -0.15) is 0 Å². The summed E-state index contributed by atoms with van der Waals surface area (Å²) in [5, 5.41) is 10.5. The second-order valence-corrected chi connectivity index (χ2v) is 3.90. The van der Waals surface area contributed by atoms with Gasteiger partial charge in [0.2, 0.25) is 0 Å². The molecular weight excluding hydrogens is 202 g/mol. The lowest BCUT2D eigenvalue weighted by Crippen LogP contribution is -1.96. The van der Waals surface area contributed by atoms with E-state index in [0.29, 0.717) is 6.61 Å². The number of nitrogens with zero attached hydrogens (tertiary/aromatic N) is 1. The highest BCUT2D eigenvalue weighted by Crippen LogP contribution is 2.28. The quantitative estimate of drug-likeness (QED) is 0.860. The van der Waals surface area contributed by atoms with Crippen LogP contribution in [-0.2, 0) is 13.7 Å². The maximum Gasteiger partial charge on any atom is 0.120 e. The lowest BCUT2D eigenvalue weighted by molar-refractivity contribution is 0.272. The first kappa shape index (κ1) is 11.0. The number of benzene rings is 1. The Morgan fingerprint density at radius 3 is 2.75 bits per heavy atom. The van der Waals surface area contributed by atoms with Crippen molar-refractivity contribution in [2.45, 2.75) is 20.5 Å². The largest absolute Gasteiger partial charge is 0.494 e. The number of aliphatic hydroxyl groups is 1. The number of aliphatic hydroxyl groups excluding tert-OH is 1. The molecule has 1 heterocycles. The summed E-state index contributed by atoms with van der Waals surface area (Å²) in [7, 11) is 1.97. The maximum atomic E-state index is 9.32. The number of hydrogen-bond donors (Lipinski definition) is 1. The molecule has 1 aromatic carbocycles. The van der Waals surface area contributed by atoms with E-state index in [2.05, 4.69) is 0 Å². The maximum absolute atomic E-state index is 9.32. The molecule has 0 aliphatic heterocycles. The highest BCUT2D eigenvalue weighted by Gasteiger charge is 2.11. The molecule has 0 radical (unpaired) electrons. The minimum absolute atomic E-state index is 0.0704. The number of rotatable bonds is 3. The summed E-state index contributed by atoms with van der Waals surface area (Å²) in [5.74, 6) is 0.883. The molecule has 3 heteroatoms. The van der Waals surface area contributed by atoms with E-state index in [1.165, 1.54) is 0 Å². The van der Waals surface area contributed by atoms with Crippen LogP contribution in [0.4, 0.5) is 0 Å². The van der Waals surface area contributed by atoms with Gasteiger partial charge in [-0.25, -0.2) is 0 Å². The van der Waals surface area contributed by atoms with E-state index in [-0.39, 0.29) is 6.61 Å². The van der Waals surface area contributed by atoms with Crippen LogP contribution in [0.15, 0.2) is 18.2 Å². The first-order valence-corrected chi connectivity index (χ1v) is 5.50. The van der Waals surface area contributed by atoms with Crippen LogP contribution in [0.2, 0.25) is 0 Å². The molecule has 86 valence electrons. The van der Waals surface area contributed by atoms with Crippen molar-refractivity contribution >= 4 is 10.9 Å². The van der Waals surface area contributed by atoms with Crippen molar-refractivity contribution in [3.63, 3.8) is 0 Å². The van der Waals surface area contributed by atoms with Gasteiger partial charge in [-0.15, -0.1) is 0 Å². The monoisotopic (exact) mass is 219 g/mol. The first-order valence-electron chi connectivity index (χ1n) is 5.50. The van der Waals surface area contributed by atoms with Crippen molar-refractivity contribution in [3.05, 3.63) is 29.5 Å². The lowest BCUT2D eigenvalue weighted by Gasteiger charge is -2.03. The third kappa shape index (κ3) is 1.57. The average Bonchev–Trinajstić information content (AvgIpc) is 2.52. The van der Waals surface area contributed by atoms with Gasteiger partial charge in [0.15, 0.2) is 0 Å². The third-order valence-corrected chi connectivity index (χ3v) is 3.03. The van der Waals surface area contributed by atoms with Gasteiger partial charge in [0.05, 0.1) is 13.2 Å². The molecule has 0 saturated heterocycles. The summed E-state index contributed by atoms with van der Waals surface area (Å²) >= 11 is 0. The van der Waals surface area contributed by atoms with E-state index in [4.69, 9.17) is 4.74 Å². The highest BCUT2D eigenvalue weighted by molar-refractivity contribution is 5.86. The van der Waals surface area contributed by atoms with Crippen molar-refractivity contribution in [2.24, 2.45) is 7.05 Å². The van der Waals surface area contributed by atoms with Crippen molar-refractivity contribution < 1.29 is 9.84 Å². The minimum Gasteiger partial charge on any atom is -0.494 e. The van der Waals surface area contributed by atoms with E-state index in [0.717, 1.165) is 27.9 Å². The molecule has 2 rings (SSSR count). The Labute approximate surface area is 95.3 Å². The van der Waals surface area contributed by atoms with E-state index in [9.17, 15) is 5.11 Å². The molecule has 0 spiro atoms. The summed E-state index contributed by atoms with van der Waals surface area (Å²) in [4.78, 5) is 0. The van der Waals surface area contributed by atoms with E-state index < -0.39 is 0 Å². The molecule has 0 unspecified atom stereocenters. The molecule has 0 aliphatic carbocycles. The molecule has 3 nitrogen and oxygen atoms in total. The van der Waals surface area contributed by atoms with Crippen LogP contribution in [0.5, 0.6) is 5.75 Å². The Morgan fingerprint density at radius 2 is 2.12 bits per heavy atom. The molecule has 0 saturated carbocycles. The fraction of sp³-hybridized carbons (Fsp3) is 0.385. The zero-order chi connectivity index (χ0) is 11.7. The van der Waals surface area contributed by atoms with Crippen LogP contribution in [0.1, 0.15) is 18.2 Å². The first-order chi connectivity index (χ1) is 7.69. The Hall–Kier alpha value is -1.48. The third-order valence-electron chi connectivity index (χ3n) is 3.03. The zero-order valence-corrected chi connectivity index (χ0v) is 9.95. The fourth-order valence-corrected chi connectivity index (χ4v) is 2.14. The number of ether oxygens (including phenoxy) is 1. The fourth-order valence-electron chi connectivity index (χ4n) is 2.14. The molecule has 0 aliphatic rings. The second kappa shape index (κ2) is 4.18. The predicted octanol–water partition coefficient (Wildman–Crippen LogP) is 2.38. The summed E-state index contributed by atoms with van der Waals surface area (Å²) < 4.78 is 7.51. The SMILES string of the molecule is CCOc1ccc2c(c1)c(C)c(CO)n2C. The van der Waals surface area contributed by atoms with Gasteiger partial charge in [-0.3, -0.25) is 0 Å². The van der Waals surface area contributed by atoms with Gasteiger partial charge < -0.3 is 14.4 Å². The summed E-state index contributed by atoms with van der Waals surface area (Å²) in [6.45, 7) is 4.75. The van der Waals surface area contributed by atoms with Crippen molar-refractivity contribution in [2.75, 3.05) is 6.61 Å². The van der Waals surface area contributed by atoms with Crippen LogP contribution in [0.25, 0.3) is 10.9 Å². The smallest absolute Gasteiger partial charge is 0.120 e. The topological polar surface area (TPSA) is 34.4 Å². The lowest BCUT2D eigenvalue weighted by atomic mass is 10.1. The number of fused-ring (bicyclic) bond motifs is 1. The van der Waals surface area contributed by atoms with Crippen LogP contribution >= 0.6 is 0 Å². The van der Waals surface area contributed by atoms with Crippen molar-refractivity contribution in [1.82, 2.24) is 4.57 Å². The molecule has 0 amide bonds. The van der Waals surface area contributed by atoms with Gasteiger partial charge in [0, 0.05) is 23.6 Å². The summed E-state index contributed by atoms with van der Waals surface area (Å²) in [5.41, 5.74) is 3.22. The standard InChI is InChI=1S/C13H17NO2/c1-4-16-10-5-6-12-11(7-10)9(2)13(8-15)14(12)3/h5-7,15H,4,8H2,1-3H3. The zero-order valence-electron chi connectivity index (χ0n) is 9.95. The number of aromatic nitrogens is 1. The Balaban J connectivity index is 2.64. The number of aryl methyl sites for hydroxylation is 2. The minimum atomic E-state index is 0.0704. The molecular formula is C13H17NO2. The van der Waals surface area contributed by atoms with Gasteiger partial charge in [-0.05, 0) is 37.6 Å². The van der Waals surface area contributed by atoms with Crippen molar-refractivity contribution in [1.29, 1.82) is 0 Å². The normalized spacial score (nSPS) is 11.0. The van der Waals surface area contributed by atoms with Gasteiger partial charge in [0.1, 0.15) is 5.75 Å². The molecule has 1 aromatic heterocycles. The van der Waals surface area contributed by atoms with Gasteiger partial charge >= 0.3 is 0 Å². The van der Waals surface area contributed by atoms with E-state index in [1.54, 1.807) is 0 Å². The van der Waals surface area contributed by atoms with Crippen LogP contribution in [0.3, 0.4) is 0 Å². The average molecular weight is 219 g/mol. The Bertz CT molecular complexity index is 514. The molecule has 0 bridgehead atoms. The molecule has 16 heavy (non-hydrogen) atoms. The molecule has 0 atom stereocenters. The van der Waals surface area contributed by atoms with Crippen LogP contribution < -0.4 is 4.74 Å². The second-order valence-electron chi connectivity index (χ2n) is 3.90. The highest BCUT2D eigenvalue weighted by atomic mass is 16.5. The van der Waals surface area contributed by atoms with Gasteiger partial charge in [-0.1, -0.05) is 0 Å². The predicted molar refractivity (Wildman–Crippen MR) is 64.7 cm³/mol. The van der Waals surface area contributed by atoms with Crippen LogP contribution in [-0.4, -0.2) is 16.3 Å². The Kier molecular flexibility index (Phi) is 2.88. The molecule has 0 fully saturated rings. The summed E-state index contributed by atoms with van der Waals surface area (Å²) in [6, 6.07) is 6.03.